The van der Waals surface area contributed by atoms with Crippen molar-refractivity contribution in [2.75, 3.05) is 13.1 Å². The summed E-state index contributed by atoms with van der Waals surface area (Å²) < 4.78 is -0.685. The summed E-state index contributed by atoms with van der Waals surface area (Å²) in [5, 5.41) is 8.94. The molecule has 1 spiro atoms. The maximum absolute atomic E-state index is 10.9. The van der Waals surface area contributed by atoms with E-state index >= 15 is 0 Å². The summed E-state index contributed by atoms with van der Waals surface area (Å²) in [6.45, 7) is 7.53. The van der Waals surface area contributed by atoms with Gasteiger partial charge in [-0.25, -0.2) is 4.79 Å². The maximum atomic E-state index is 10.9. The van der Waals surface area contributed by atoms with E-state index in [1.165, 1.54) is 4.90 Å². The number of alkyl halides is 2. The molecule has 1 N–H and O–H groups in total. The number of nitrogens with zero attached hydrogens (tertiary/aromatic N) is 1. The van der Waals surface area contributed by atoms with Gasteiger partial charge in [-0.15, -0.1) is 23.2 Å². The SMILES string of the molecule is CC(C)(C)C1C(Cl)(Cl)C12CCN(C(=O)O)CC2. The van der Waals surface area contributed by atoms with Crippen molar-refractivity contribution in [3.63, 3.8) is 0 Å². The van der Waals surface area contributed by atoms with Gasteiger partial charge < -0.3 is 10.0 Å². The fourth-order valence-electron chi connectivity index (χ4n) is 3.60. The van der Waals surface area contributed by atoms with E-state index in [-0.39, 0.29) is 16.7 Å². The number of piperidine rings is 1. The molecule has 0 radical (unpaired) electrons. The highest BCUT2D eigenvalue weighted by Crippen LogP contribution is 2.78. The summed E-state index contributed by atoms with van der Waals surface area (Å²) in [6, 6.07) is 0. The molecule has 0 aromatic heterocycles. The Bertz CT molecular complexity index is 341. The minimum atomic E-state index is -0.845. The normalized spacial score (nSPS) is 30.4. The van der Waals surface area contributed by atoms with Crippen molar-refractivity contribution in [1.29, 1.82) is 0 Å². The molecule has 2 aliphatic rings. The van der Waals surface area contributed by atoms with Gasteiger partial charge in [-0.1, -0.05) is 20.8 Å². The van der Waals surface area contributed by atoms with Gasteiger partial charge in [0.05, 0.1) is 0 Å². The molecule has 0 aromatic carbocycles. The minimum absolute atomic E-state index is 0.0644. The van der Waals surface area contributed by atoms with Crippen molar-refractivity contribution < 1.29 is 9.90 Å². The first-order valence-corrected chi connectivity index (χ1v) is 6.74. The van der Waals surface area contributed by atoms with Crippen molar-refractivity contribution in [3.05, 3.63) is 0 Å². The van der Waals surface area contributed by atoms with Crippen LogP contribution < -0.4 is 0 Å². The quantitative estimate of drug-likeness (QED) is 0.689. The van der Waals surface area contributed by atoms with E-state index in [0.29, 0.717) is 13.1 Å². The maximum Gasteiger partial charge on any atom is 0.407 e. The highest BCUT2D eigenvalue weighted by molar-refractivity contribution is 6.52. The first-order chi connectivity index (χ1) is 7.63. The Hall–Kier alpha value is -0.150. The second-order valence-electron chi connectivity index (χ2n) is 6.35. The van der Waals surface area contributed by atoms with Gasteiger partial charge in [0, 0.05) is 24.4 Å². The van der Waals surface area contributed by atoms with Crippen LogP contribution >= 0.6 is 23.2 Å². The predicted molar refractivity (Wildman–Crippen MR) is 68.6 cm³/mol. The van der Waals surface area contributed by atoms with Crippen LogP contribution in [0, 0.1) is 16.7 Å². The molecule has 1 aliphatic heterocycles. The van der Waals surface area contributed by atoms with E-state index < -0.39 is 10.4 Å². The third kappa shape index (κ3) is 1.82. The Labute approximate surface area is 112 Å². The van der Waals surface area contributed by atoms with Crippen LogP contribution in [0.25, 0.3) is 0 Å². The smallest absolute Gasteiger partial charge is 0.407 e. The van der Waals surface area contributed by atoms with Crippen molar-refractivity contribution in [1.82, 2.24) is 4.90 Å². The number of hydrogen-bond acceptors (Lipinski definition) is 1. The zero-order chi connectivity index (χ0) is 13.1. The molecule has 1 atom stereocenters. The van der Waals surface area contributed by atoms with Crippen molar-refractivity contribution >= 4 is 29.3 Å². The average Bonchev–Trinajstić information content (AvgIpc) is 2.62. The minimum Gasteiger partial charge on any atom is -0.465 e. The lowest BCUT2D eigenvalue weighted by Gasteiger charge is -2.33. The first-order valence-electron chi connectivity index (χ1n) is 5.98. The fourth-order valence-corrected chi connectivity index (χ4v) is 5.16. The molecule has 5 heteroatoms. The number of halogens is 2. The molecule has 98 valence electrons. The molecular formula is C12H19Cl2NO2. The summed E-state index contributed by atoms with van der Waals surface area (Å²) in [4.78, 5) is 12.3. The summed E-state index contributed by atoms with van der Waals surface area (Å²) in [6.07, 6.45) is 0.699. The lowest BCUT2D eigenvalue weighted by atomic mass is 9.80. The van der Waals surface area contributed by atoms with Crippen molar-refractivity contribution in [2.45, 2.75) is 37.9 Å². The molecule has 2 rings (SSSR count). The van der Waals surface area contributed by atoms with E-state index in [1.807, 2.05) is 0 Å². The van der Waals surface area contributed by atoms with Gasteiger partial charge in [-0.2, -0.15) is 0 Å². The van der Waals surface area contributed by atoms with Crippen molar-refractivity contribution in [3.8, 4) is 0 Å². The number of carboxylic acid groups (broad SMARTS) is 1. The third-order valence-electron chi connectivity index (χ3n) is 4.29. The average molecular weight is 280 g/mol. The predicted octanol–water partition coefficient (Wildman–Crippen LogP) is 3.60. The van der Waals surface area contributed by atoms with E-state index in [9.17, 15) is 4.79 Å². The van der Waals surface area contributed by atoms with E-state index in [0.717, 1.165) is 12.8 Å². The Morgan fingerprint density at radius 2 is 1.76 bits per heavy atom. The van der Waals surface area contributed by atoms with E-state index in [2.05, 4.69) is 20.8 Å². The first kappa shape index (κ1) is 13.3. The van der Waals surface area contributed by atoms with Crippen LogP contribution in [0.2, 0.25) is 0 Å². The number of rotatable bonds is 0. The summed E-state index contributed by atoms with van der Waals surface area (Å²) in [7, 11) is 0. The van der Waals surface area contributed by atoms with Crippen molar-refractivity contribution in [2.24, 2.45) is 16.7 Å². The Morgan fingerprint density at radius 3 is 2.06 bits per heavy atom. The topological polar surface area (TPSA) is 40.5 Å². The monoisotopic (exact) mass is 279 g/mol. The van der Waals surface area contributed by atoms with Gasteiger partial charge in [0.1, 0.15) is 4.33 Å². The zero-order valence-electron chi connectivity index (χ0n) is 10.5. The van der Waals surface area contributed by atoms with Crippen LogP contribution in [0.3, 0.4) is 0 Å². The molecule has 1 saturated heterocycles. The van der Waals surface area contributed by atoms with Gasteiger partial charge in [-0.05, 0) is 18.3 Å². The summed E-state index contributed by atoms with van der Waals surface area (Å²) >= 11 is 12.9. The Morgan fingerprint density at radius 1 is 1.29 bits per heavy atom. The molecular weight excluding hydrogens is 261 g/mol. The highest BCUT2D eigenvalue weighted by Gasteiger charge is 2.78. The number of amides is 1. The number of carbonyl (C=O) groups is 1. The zero-order valence-corrected chi connectivity index (χ0v) is 12.0. The Balaban J connectivity index is 2.12. The van der Waals surface area contributed by atoms with Gasteiger partial charge in [-0.3, -0.25) is 0 Å². The van der Waals surface area contributed by atoms with Gasteiger partial charge in [0.15, 0.2) is 0 Å². The Kier molecular flexibility index (Phi) is 2.87. The van der Waals surface area contributed by atoms with E-state index in [4.69, 9.17) is 28.3 Å². The summed E-state index contributed by atoms with van der Waals surface area (Å²) in [5.74, 6) is 0.252. The fraction of sp³-hybridized carbons (Fsp3) is 0.917. The van der Waals surface area contributed by atoms with Crippen LogP contribution in [0.5, 0.6) is 0 Å². The number of likely N-dealkylation sites (tertiary alicyclic amines) is 1. The third-order valence-corrected chi connectivity index (χ3v) is 5.48. The lowest BCUT2D eigenvalue weighted by molar-refractivity contribution is 0.110. The largest absolute Gasteiger partial charge is 0.465 e. The molecule has 1 saturated carbocycles. The van der Waals surface area contributed by atoms with Crippen LogP contribution in [-0.2, 0) is 0 Å². The molecule has 17 heavy (non-hydrogen) atoms. The van der Waals surface area contributed by atoms with Crippen LogP contribution in [0.1, 0.15) is 33.6 Å². The molecule has 2 fully saturated rings. The molecule has 1 heterocycles. The second-order valence-corrected chi connectivity index (χ2v) is 7.73. The summed E-state index contributed by atoms with van der Waals surface area (Å²) in [5.41, 5.74) is -0.0186. The molecule has 1 amide bonds. The van der Waals surface area contributed by atoms with E-state index in [1.54, 1.807) is 0 Å². The number of hydrogen-bond donors (Lipinski definition) is 1. The molecule has 0 bridgehead atoms. The van der Waals surface area contributed by atoms with Crippen LogP contribution in [0.4, 0.5) is 4.79 Å². The standard InChI is InChI=1S/C12H19Cl2NO2/c1-10(2,3)8-11(12(8,13)14)4-6-15(7-5-11)9(16)17/h8H,4-7H2,1-3H3,(H,16,17). The van der Waals surface area contributed by atoms with Gasteiger partial charge >= 0.3 is 6.09 Å². The van der Waals surface area contributed by atoms with Crippen LogP contribution in [-0.4, -0.2) is 33.5 Å². The van der Waals surface area contributed by atoms with Gasteiger partial charge in [0.25, 0.3) is 0 Å². The lowest BCUT2D eigenvalue weighted by Crippen LogP contribution is -2.40. The highest BCUT2D eigenvalue weighted by atomic mass is 35.5. The second kappa shape index (κ2) is 3.67. The molecule has 0 aromatic rings. The van der Waals surface area contributed by atoms with Gasteiger partial charge in [0.2, 0.25) is 0 Å². The molecule has 3 nitrogen and oxygen atoms in total. The van der Waals surface area contributed by atoms with Crippen LogP contribution in [0.15, 0.2) is 0 Å². The molecule has 1 aliphatic carbocycles. The molecule has 1 unspecified atom stereocenters.